The predicted octanol–water partition coefficient (Wildman–Crippen LogP) is 4.33. The molecule has 25 heavy (non-hydrogen) atoms. The maximum Gasteiger partial charge on any atom is 0.333 e. The summed E-state index contributed by atoms with van der Waals surface area (Å²) < 4.78 is 4.76. The van der Waals surface area contributed by atoms with Crippen molar-refractivity contribution in [1.82, 2.24) is 0 Å². The molecule has 130 valence electrons. The molecule has 0 fully saturated rings. The summed E-state index contributed by atoms with van der Waals surface area (Å²) in [4.78, 5) is 35.8. The number of nitrogens with zero attached hydrogens (tertiary/aromatic N) is 2. The standard InChI is InChI=1S/C16H12Cl2N2O5/c1-25-15(21)14(10-5-3-2-4-6-10)19(16(18)22)12-8-7-11(17)9-13(12)20(23)24/h2-9,14H,1H3. The number of carbonyl (C=O) groups excluding carboxylic acids is 2. The number of hydrogen-bond donors (Lipinski definition) is 0. The number of ether oxygens (including phenoxy) is 1. The normalized spacial score (nSPS) is 11.5. The van der Waals surface area contributed by atoms with Crippen LogP contribution in [0.2, 0.25) is 5.02 Å². The molecule has 1 amide bonds. The van der Waals surface area contributed by atoms with Crippen molar-refractivity contribution in [1.29, 1.82) is 0 Å². The second-order valence-corrected chi connectivity index (χ2v) is 5.61. The molecule has 0 aromatic heterocycles. The van der Waals surface area contributed by atoms with Gasteiger partial charge in [-0.3, -0.25) is 19.8 Å². The smallest absolute Gasteiger partial charge is 0.333 e. The van der Waals surface area contributed by atoms with Crippen molar-refractivity contribution in [2.75, 3.05) is 12.0 Å². The molecule has 0 aliphatic carbocycles. The number of nitro benzene ring substituents is 1. The van der Waals surface area contributed by atoms with E-state index in [2.05, 4.69) is 0 Å². The van der Waals surface area contributed by atoms with Gasteiger partial charge in [0.1, 0.15) is 5.69 Å². The zero-order valence-electron chi connectivity index (χ0n) is 12.9. The van der Waals surface area contributed by atoms with E-state index in [9.17, 15) is 19.7 Å². The molecule has 7 nitrogen and oxygen atoms in total. The lowest BCUT2D eigenvalue weighted by atomic mass is 10.0. The minimum Gasteiger partial charge on any atom is -0.467 e. The lowest BCUT2D eigenvalue weighted by molar-refractivity contribution is -0.384. The van der Waals surface area contributed by atoms with Crippen molar-refractivity contribution < 1.29 is 19.2 Å². The van der Waals surface area contributed by atoms with Gasteiger partial charge in [0.25, 0.3) is 5.69 Å². The highest BCUT2D eigenvalue weighted by Gasteiger charge is 2.36. The molecule has 0 heterocycles. The molecule has 0 saturated heterocycles. The number of methoxy groups -OCH3 is 1. The topological polar surface area (TPSA) is 89.8 Å². The van der Waals surface area contributed by atoms with Crippen LogP contribution in [0.3, 0.4) is 0 Å². The molecule has 0 spiro atoms. The third-order valence-corrected chi connectivity index (χ3v) is 3.80. The maximum absolute atomic E-state index is 12.3. The van der Waals surface area contributed by atoms with Crippen LogP contribution in [0.25, 0.3) is 0 Å². The summed E-state index contributed by atoms with van der Waals surface area (Å²) in [6.07, 6.45) is 0. The molecule has 0 bridgehead atoms. The molecule has 2 aromatic carbocycles. The van der Waals surface area contributed by atoms with E-state index in [-0.39, 0.29) is 10.7 Å². The van der Waals surface area contributed by atoms with E-state index in [1.807, 2.05) is 0 Å². The summed E-state index contributed by atoms with van der Waals surface area (Å²) >= 11 is 11.5. The number of amides is 1. The fraction of sp³-hybridized carbons (Fsp3) is 0.125. The third kappa shape index (κ3) is 4.07. The monoisotopic (exact) mass is 382 g/mol. The molecule has 9 heteroatoms. The number of nitro groups is 1. The first-order valence-electron chi connectivity index (χ1n) is 6.92. The fourth-order valence-corrected chi connectivity index (χ4v) is 2.67. The Labute approximate surface area is 152 Å². The SMILES string of the molecule is COC(=O)C(c1ccccc1)N(C(=O)Cl)c1ccc(Cl)cc1[N+](=O)[O-]. The van der Waals surface area contributed by atoms with Crippen molar-refractivity contribution in [3.05, 3.63) is 69.2 Å². The summed E-state index contributed by atoms with van der Waals surface area (Å²) in [7, 11) is 1.14. The predicted molar refractivity (Wildman–Crippen MR) is 93.0 cm³/mol. The summed E-state index contributed by atoms with van der Waals surface area (Å²) in [6.45, 7) is 0. The Bertz CT molecular complexity index is 813. The largest absolute Gasteiger partial charge is 0.467 e. The van der Waals surface area contributed by atoms with E-state index in [0.717, 1.165) is 18.1 Å². The van der Waals surface area contributed by atoms with Crippen LogP contribution in [0.5, 0.6) is 0 Å². The summed E-state index contributed by atoms with van der Waals surface area (Å²) in [6, 6.07) is 10.6. The molecule has 0 aliphatic heterocycles. The molecule has 1 atom stereocenters. The van der Waals surface area contributed by atoms with Crippen molar-refractivity contribution in [2.45, 2.75) is 6.04 Å². The van der Waals surface area contributed by atoms with E-state index in [0.29, 0.717) is 5.56 Å². The van der Waals surface area contributed by atoms with Crippen molar-refractivity contribution in [2.24, 2.45) is 0 Å². The zero-order chi connectivity index (χ0) is 18.6. The Morgan fingerprint density at radius 3 is 2.36 bits per heavy atom. The molecule has 0 aliphatic rings. The number of benzene rings is 2. The van der Waals surface area contributed by atoms with Gasteiger partial charge in [-0.15, -0.1) is 0 Å². The number of esters is 1. The molecular formula is C16H12Cl2N2O5. The fourth-order valence-electron chi connectivity index (χ4n) is 2.32. The van der Waals surface area contributed by atoms with Gasteiger partial charge in [-0.2, -0.15) is 0 Å². The van der Waals surface area contributed by atoms with Crippen LogP contribution in [-0.4, -0.2) is 23.4 Å². The summed E-state index contributed by atoms with van der Waals surface area (Å²) in [5, 5.41) is 10.4. The van der Waals surface area contributed by atoms with E-state index < -0.39 is 28.0 Å². The van der Waals surface area contributed by atoms with Crippen LogP contribution >= 0.6 is 23.2 Å². The molecule has 2 rings (SSSR count). The van der Waals surface area contributed by atoms with Crippen LogP contribution in [0.1, 0.15) is 11.6 Å². The molecule has 0 radical (unpaired) electrons. The average molecular weight is 383 g/mol. The lowest BCUT2D eigenvalue weighted by Crippen LogP contribution is -2.37. The van der Waals surface area contributed by atoms with Crippen molar-refractivity contribution >= 4 is 45.9 Å². The minimum atomic E-state index is -1.30. The van der Waals surface area contributed by atoms with Crippen molar-refractivity contribution in [3.63, 3.8) is 0 Å². The van der Waals surface area contributed by atoms with Gasteiger partial charge in [0.15, 0.2) is 6.04 Å². The molecule has 1 unspecified atom stereocenters. The number of carbonyl (C=O) groups is 2. The lowest BCUT2D eigenvalue weighted by Gasteiger charge is -2.28. The first-order valence-corrected chi connectivity index (χ1v) is 7.67. The molecule has 0 N–H and O–H groups in total. The highest BCUT2D eigenvalue weighted by atomic mass is 35.5. The third-order valence-electron chi connectivity index (χ3n) is 3.38. The van der Waals surface area contributed by atoms with Crippen molar-refractivity contribution in [3.8, 4) is 0 Å². The molecular weight excluding hydrogens is 371 g/mol. The van der Waals surface area contributed by atoms with Gasteiger partial charge in [0, 0.05) is 11.1 Å². The second kappa shape index (κ2) is 7.96. The number of halogens is 2. The highest BCUT2D eigenvalue weighted by molar-refractivity contribution is 6.66. The Balaban J connectivity index is 2.69. The number of anilines is 1. The van der Waals surface area contributed by atoms with Gasteiger partial charge >= 0.3 is 11.3 Å². The van der Waals surface area contributed by atoms with Gasteiger partial charge in [0.2, 0.25) is 0 Å². The first-order chi connectivity index (χ1) is 11.9. The zero-order valence-corrected chi connectivity index (χ0v) is 14.4. The van der Waals surface area contributed by atoms with Crippen LogP contribution in [-0.2, 0) is 9.53 Å². The Morgan fingerprint density at radius 2 is 1.84 bits per heavy atom. The van der Waals surface area contributed by atoms with Gasteiger partial charge in [-0.1, -0.05) is 41.9 Å². The number of rotatable bonds is 5. The van der Waals surface area contributed by atoms with Crippen LogP contribution in [0.4, 0.5) is 16.2 Å². The van der Waals surface area contributed by atoms with E-state index in [4.69, 9.17) is 27.9 Å². The molecule has 0 saturated carbocycles. The summed E-state index contributed by atoms with van der Waals surface area (Å²) in [5.41, 5.74) is -0.257. The maximum atomic E-state index is 12.3. The minimum absolute atomic E-state index is 0.103. The molecule has 2 aromatic rings. The van der Waals surface area contributed by atoms with Gasteiger partial charge < -0.3 is 4.74 Å². The second-order valence-electron chi connectivity index (χ2n) is 4.85. The van der Waals surface area contributed by atoms with Crippen LogP contribution in [0.15, 0.2) is 48.5 Å². The quantitative estimate of drug-likeness (QED) is 0.252. The van der Waals surface area contributed by atoms with Crippen LogP contribution in [0, 0.1) is 10.1 Å². The summed E-state index contributed by atoms with van der Waals surface area (Å²) in [5.74, 6) is -0.801. The highest BCUT2D eigenvalue weighted by Crippen LogP contribution is 2.37. The van der Waals surface area contributed by atoms with E-state index in [1.54, 1.807) is 30.3 Å². The van der Waals surface area contributed by atoms with Gasteiger partial charge in [-0.25, -0.2) is 4.79 Å². The Kier molecular flexibility index (Phi) is 5.95. The van der Waals surface area contributed by atoms with Gasteiger partial charge in [0.05, 0.1) is 12.0 Å². The first kappa shape index (κ1) is 18.7. The van der Waals surface area contributed by atoms with Crippen LogP contribution < -0.4 is 4.90 Å². The van der Waals surface area contributed by atoms with E-state index in [1.165, 1.54) is 12.1 Å². The Hall–Kier alpha value is -2.64. The number of hydrogen-bond acceptors (Lipinski definition) is 5. The van der Waals surface area contributed by atoms with E-state index >= 15 is 0 Å². The van der Waals surface area contributed by atoms with Gasteiger partial charge in [-0.05, 0) is 29.3 Å². The average Bonchev–Trinajstić information content (AvgIpc) is 2.59. The Morgan fingerprint density at radius 1 is 1.20 bits per heavy atom.